The molecule has 2 atom stereocenters. The maximum absolute atomic E-state index is 10.6. The highest BCUT2D eigenvalue weighted by Crippen LogP contribution is 2.32. The van der Waals surface area contributed by atoms with Gasteiger partial charge in [-0.3, -0.25) is 0 Å². The van der Waals surface area contributed by atoms with E-state index in [1.165, 1.54) is 0 Å². The van der Waals surface area contributed by atoms with Crippen LogP contribution in [0.15, 0.2) is 10.2 Å². The molecule has 0 aliphatic carbocycles. The van der Waals surface area contributed by atoms with Crippen molar-refractivity contribution in [3.8, 4) is 12.1 Å². The third-order valence-corrected chi connectivity index (χ3v) is 4.37. The molecule has 0 aliphatic heterocycles. The van der Waals surface area contributed by atoms with Crippen LogP contribution in [0.1, 0.15) is 79.1 Å². The Bertz CT molecular complexity index is 415. The van der Waals surface area contributed by atoms with Crippen molar-refractivity contribution in [3.63, 3.8) is 0 Å². The second-order valence-corrected chi connectivity index (χ2v) is 6.42. The standard InChI is InChI=1S/C18H32N4O2/c1-5-9-15(10-6-2)17(23,13-19)21-22-18(24,14-20)16(11-7-3)12-8-4/h15-16,23-24H,5-12H2,1-4H3. The lowest BCUT2D eigenvalue weighted by Gasteiger charge is -2.28. The molecule has 0 rings (SSSR count). The number of nitrogens with zero attached hydrogens (tertiary/aromatic N) is 4. The van der Waals surface area contributed by atoms with E-state index in [2.05, 4.69) is 10.2 Å². The monoisotopic (exact) mass is 336 g/mol. The summed E-state index contributed by atoms with van der Waals surface area (Å²) in [6.07, 6.45) is 5.76. The van der Waals surface area contributed by atoms with Gasteiger partial charge in [-0.15, -0.1) is 10.2 Å². The molecule has 136 valence electrons. The summed E-state index contributed by atoms with van der Waals surface area (Å²) in [4.78, 5) is 0. The largest absolute Gasteiger partial charge is 0.356 e. The molecule has 0 saturated heterocycles. The minimum Gasteiger partial charge on any atom is -0.356 e. The van der Waals surface area contributed by atoms with Crippen molar-refractivity contribution >= 4 is 0 Å². The molecular formula is C18H32N4O2. The van der Waals surface area contributed by atoms with E-state index < -0.39 is 11.4 Å². The van der Waals surface area contributed by atoms with Crippen molar-refractivity contribution < 1.29 is 10.2 Å². The van der Waals surface area contributed by atoms with Crippen LogP contribution in [0.3, 0.4) is 0 Å². The molecule has 0 fully saturated rings. The van der Waals surface area contributed by atoms with Crippen LogP contribution < -0.4 is 0 Å². The fraction of sp³-hybridized carbons (Fsp3) is 0.889. The number of aliphatic hydroxyl groups is 2. The molecule has 6 heteroatoms. The Hall–Kier alpha value is -1.50. The maximum atomic E-state index is 10.6. The highest BCUT2D eigenvalue weighted by atomic mass is 16.3. The number of rotatable bonds is 12. The fourth-order valence-corrected chi connectivity index (χ4v) is 3.03. The molecule has 0 heterocycles. The predicted molar refractivity (Wildman–Crippen MR) is 92.6 cm³/mol. The first-order chi connectivity index (χ1) is 11.4. The van der Waals surface area contributed by atoms with Crippen LogP contribution in [0.2, 0.25) is 0 Å². The molecule has 24 heavy (non-hydrogen) atoms. The Kier molecular flexibility index (Phi) is 10.4. The molecule has 0 aromatic rings. The molecule has 0 bridgehead atoms. The summed E-state index contributed by atoms with van der Waals surface area (Å²) in [5, 5.41) is 47.6. The van der Waals surface area contributed by atoms with Gasteiger partial charge in [-0.05, 0) is 25.7 Å². The number of hydrogen-bond donors (Lipinski definition) is 2. The topological polar surface area (TPSA) is 113 Å². The van der Waals surface area contributed by atoms with Gasteiger partial charge in [0.15, 0.2) is 0 Å². The predicted octanol–water partition coefficient (Wildman–Crippen LogP) is 4.30. The van der Waals surface area contributed by atoms with E-state index in [0.29, 0.717) is 25.7 Å². The SMILES string of the molecule is CCCC(CCC)C(O)(C#N)N=NC(O)(C#N)C(CCC)CCC. The number of hydrogen-bond acceptors (Lipinski definition) is 6. The lowest BCUT2D eigenvalue weighted by molar-refractivity contribution is -0.00617. The van der Waals surface area contributed by atoms with Crippen LogP contribution in [0.4, 0.5) is 0 Å². The Balaban J connectivity index is 5.57. The van der Waals surface area contributed by atoms with Crippen LogP contribution >= 0.6 is 0 Å². The lowest BCUT2D eigenvalue weighted by atomic mass is 9.88. The molecule has 6 nitrogen and oxygen atoms in total. The first-order valence-electron chi connectivity index (χ1n) is 9.08. The zero-order valence-electron chi connectivity index (χ0n) is 15.5. The second-order valence-electron chi connectivity index (χ2n) is 6.42. The first kappa shape index (κ1) is 22.5. The van der Waals surface area contributed by atoms with Gasteiger partial charge in [0.1, 0.15) is 12.1 Å². The van der Waals surface area contributed by atoms with Gasteiger partial charge < -0.3 is 10.2 Å². The molecule has 2 N–H and O–H groups in total. The molecule has 0 saturated carbocycles. The molecule has 0 aromatic carbocycles. The smallest absolute Gasteiger partial charge is 0.266 e. The number of azo groups is 1. The summed E-state index contributed by atoms with van der Waals surface area (Å²) >= 11 is 0. The van der Waals surface area contributed by atoms with Crippen molar-refractivity contribution in [2.24, 2.45) is 22.1 Å². The third-order valence-electron chi connectivity index (χ3n) is 4.37. The van der Waals surface area contributed by atoms with Crippen molar-refractivity contribution in [1.82, 2.24) is 0 Å². The van der Waals surface area contributed by atoms with Gasteiger partial charge in [0.2, 0.25) is 0 Å². The summed E-state index contributed by atoms with van der Waals surface area (Å²) in [7, 11) is 0. The van der Waals surface area contributed by atoms with Gasteiger partial charge in [0, 0.05) is 11.8 Å². The minimum atomic E-state index is -2.00. The van der Waals surface area contributed by atoms with Gasteiger partial charge in [-0.1, -0.05) is 53.4 Å². The van der Waals surface area contributed by atoms with E-state index in [0.717, 1.165) is 25.7 Å². The quantitative estimate of drug-likeness (QED) is 0.408. The Morgan fingerprint density at radius 2 is 0.958 bits per heavy atom. The summed E-state index contributed by atoms with van der Waals surface area (Å²) in [5.74, 6) is -0.722. The average molecular weight is 336 g/mol. The van der Waals surface area contributed by atoms with Crippen LogP contribution in [0.25, 0.3) is 0 Å². The van der Waals surface area contributed by atoms with E-state index in [1.807, 2.05) is 39.8 Å². The van der Waals surface area contributed by atoms with Gasteiger partial charge in [0.25, 0.3) is 11.4 Å². The van der Waals surface area contributed by atoms with Crippen LogP contribution in [0.5, 0.6) is 0 Å². The third kappa shape index (κ3) is 6.19. The van der Waals surface area contributed by atoms with Crippen LogP contribution in [-0.4, -0.2) is 21.7 Å². The lowest BCUT2D eigenvalue weighted by Crippen LogP contribution is -2.38. The van der Waals surface area contributed by atoms with E-state index in [-0.39, 0.29) is 11.8 Å². The Morgan fingerprint density at radius 1 is 0.708 bits per heavy atom. The van der Waals surface area contributed by atoms with Gasteiger partial charge in [-0.2, -0.15) is 10.5 Å². The van der Waals surface area contributed by atoms with Gasteiger partial charge >= 0.3 is 0 Å². The molecule has 0 spiro atoms. The zero-order valence-corrected chi connectivity index (χ0v) is 15.5. The van der Waals surface area contributed by atoms with Crippen molar-refractivity contribution in [3.05, 3.63) is 0 Å². The molecule has 0 aliphatic rings. The highest BCUT2D eigenvalue weighted by molar-refractivity contribution is 5.06. The maximum Gasteiger partial charge on any atom is 0.266 e. The van der Waals surface area contributed by atoms with Crippen molar-refractivity contribution in [2.75, 3.05) is 0 Å². The van der Waals surface area contributed by atoms with Crippen LogP contribution in [-0.2, 0) is 0 Å². The summed E-state index contributed by atoms with van der Waals surface area (Å²) < 4.78 is 0. The Labute approximate surface area is 146 Å². The minimum absolute atomic E-state index is 0.361. The second kappa shape index (κ2) is 11.1. The van der Waals surface area contributed by atoms with Crippen molar-refractivity contribution in [1.29, 1.82) is 10.5 Å². The average Bonchev–Trinajstić information content (AvgIpc) is 2.59. The van der Waals surface area contributed by atoms with Crippen LogP contribution in [0, 0.1) is 34.5 Å². The van der Waals surface area contributed by atoms with Crippen molar-refractivity contribution in [2.45, 2.75) is 90.5 Å². The highest BCUT2D eigenvalue weighted by Gasteiger charge is 2.40. The first-order valence-corrected chi connectivity index (χ1v) is 9.08. The molecule has 0 aromatic heterocycles. The van der Waals surface area contributed by atoms with E-state index >= 15 is 0 Å². The van der Waals surface area contributed by atoms with Gasteiger partial charge in [-0.25, -0.2) is 0 Å². The summed E-state index contributed by atoms with van der Waals surface area (Å²) in [6.45, 7) is 7.90. The van der Waals surface area contributed by atoms with E-state index in [4.69, 9.17) is 0 Å². The molecular weight excluding hydrogens is 304 g/mol. The Morgan fingerprint density at radius 3 is 1.12 bits per heavy atom. The normalized spacial score (nSPS) is 16.8. The summed E-state index contributed by atoms with van der Waals surface area (Å²) in [6, 6.07) is 3.64. The molecule has 2 unspecified atom stereocenters. The van der Waals surface area contributed by atoms with E-state index in [1.54, 1.807) is 0 Å². The number of nitriles is 2. The summed E-state index contributed by atoms with van der Waals surface area (Å²) in [5.41, 5.74) is -4.00. The zero-order chi connectivity index (χ0) is 18.6. The molecule has 0 amide bonds. The molecule has 0 radical (unpaired) electrons. The fourth-order valence-electron chi connectivity index (χ4n) is 3.03. The van der Waals surface area contributed by atoms with Gasteiger partial charge in [0.05, 0.1) is 0 Å². The van der Waals surface area contributed by atoms with E-state index in [9.17, 15) is 20.7 Å².